The van der Waals surface area contributed by atoms with Crippen molar-refractivity contribution in [1.82, 2.24) is 5.32 Å². The molecule has 138 valence electrons. The zero-order chi connectivity index (χ0) is 19.1. The Bertz CT molecular complexity index is 966. The zero-order valence-corrected chi connectivity index (χ0v) is 14.3. The maximum absolute atomic E-state index is 14.3. The van der Waals surface area contributed by atoms with Crippen LogP contribution in [0.5, 0.6) is 0 Å². The molecule has 1 aliphatic heterocycles. The van der Waals surface area contributed by atoms with Gasteiger partial charge in [-0.25, -0.2) is 13.2 Å². The van der Waals surface area contributed by atoms with Crippen LogP contribution in [0.25, 0.3) is 0 Å². The minimum absolute atomic E-state index is 0.0194. The summed E-state index contributed by atoms with van der Waals surface area (Å²) in [6.07, 6.45) is 0.450. The highest BCUT2D eigenvalue weighted by atomic mass is 19.2. The molecule has 3 nitrogen and oxygen atoms in total. The van der Waals surface area contributed by atoms with Gasteiger partial charge >= 0.3 is 0 Å². The molecule has 0 spiro atoms. The van der Waals surface area contributed by atoms with E-state index in [1.54, 1.807) is 12.1 Å². The van der Waals surface area contributed by atoms with E-state index in [0.29, 0.717) is 17.7 Å². The zero-order valence-electron chi connectivity index (χ0n) is 14.3. The lowest BCUT2D eigenvalue weighted by atomic mass is 9.73. The second-order valence-corrected chi connectivity index (χ2v) is 6.92. The van der Waals surface area contributed by atoms with Crippen molar-refractivity contribution < 1.29 is 22.8 Å². The molecule has 0 bridgehead atoms. The highest BCUT2D eigenvalue weighted by Crippen LogP contribution is 2.43. The lowest BCUT2D eigenvalue weighted by Gasteiger charge is -2.34. The fourth-order valence-corrected chi connectivity index (χ4v) is 3.99. The first-order chi connectivity index (χ1) is 12.9. The number of ketones is 1. The molecule has 1 amide bonds. The molecule has 0 unspecified atom stereocenters. The van der Waals surface area contributed by atoms with Gasteiger partial charge in [-0.15, -0.1) is 0 Å². The molecule has 0 saturated carbocycles. The predicted molar refractivity (Wildman–Crippen MR) is 92.3 cm³/mol. The van der Waals surface area contributed by atoms with Crippen molar-refractivity contribution in [3.63, 3.8) is 0 Å². The maximum atomic E-state index is 14.3. The molecule has 1 heterocycles. The van der Waals surface area contributed by atoms with Crippen LogP contribution in [0.15, 0.2) is 53.7 Å². The molecular formula is C21H16F3NO2. The summed E-state index contributed by atoms with van der Waals surface area (Å²) in [5.74, 6) is -3.95. The number of carbonyl (C=O) groups is 2. The number of hydrogen-bond acceptors (Lipinski definition) is 2. The van der Waals surface area contributed by atoms with Crippen LogP contribution >= 0.6 is 0 Å². The highest BCUT2D eigenvalue weighted by molar-refractivity contribution is 6.02. The Morgan fingerprint density at radius 2 is 1.63 bits per heavy atom. The number of carbonyl (C=O) groups excluding carboxylic acids is 2. The van der Waals surface area contributed by atoms with Crippen LogP contribution in [-0.4, -0.2) is 11.7 Å². The molecule has 6 heteroatoms. The summed E-state index contributed by atoms with van der Waals surface area (Å²) in [5.41, 5.74) is 1.61. The van der Waals surface area contributed by atoms with E-state index in [2.05, 4.69) is 5.32 Å². The quantitative estimate of drug-likeness (QED) is 0.864. The Morgan fingerprint density at radius 3 is 2.37 bits per heavy atom. The van der Waals surface area contributed by atoms with Crippen LogP contribution in [0.4, 0.5) is 13.2 Å². The Morgan fingerprint density at radius 1 is 0.889 bits per heavy atom. The van der Waals surface area contributed by atoms with Gasteiger partial charge in [0, 0.05) is 30.0 Å². The molecule has 0 aromatic heterocycles. The lowest BCUT2D eigenvalue weighted by molar-refractivity contribution is -0.122. The topological polar surface area (TPSA) is 46.2 Å². The third kappa shape index (κ3) is 3.16. The van der Waals surface area contributed by atoms with E-state index in [4.69, 9.17) is 0 Å². The highest BCUT2D eigenvalue weighted by Gasteiger charge is 2.39. The minimum Gasteiger partial charge on any atom is -0.329 e. The van der Waals surface area contributed by atoms with Crippen molar-refractivity contribution in [1.29, 1.82) is 0 Å². The van der Waals surface area contributed by atoms with Gasteiger partial charge < -0.3 is 5.32 Å². The smallest absolute Gasteiger partial charge is 0.225 e. The first-order valence-corrected chi connectivity index (χ1v) is 8.69. The van der Waals surface area contributed by atoms with Crippen molar-refractivity contribution in [2.75, 3.05) is 0 Å². The third-order valence-electron chi connectivity index (χ3n) is 5.23. The van der Waals surface area contributed by atoms with Gasteiger partial charge in [-0.3, -0.25) is 9.59 Å². The average molecular weight is 371 g/mol. The molecule has 27 heavy (non-hydrogen) atoms. The number of amides is 1. The summed E-state index contributed by atoms with van der Waals surface area (Å²) in [6, 6.07) is 9.67. The maximum Gasteiger partial charge on any atom is 0.225 e. The fraction of sp³-hybridized carbons (Fsp3) is 0.238. The van der Waals surface area contributed by atoms with Crippen LogP contribution in [0.1, 0.15) is 42.2 Å². The second kappa shape index (κ2) is 6.68. The SMILES string of the molecule is O=C1C[C@@H](c2cccc(F)c2F)C2=C(C[C@H](c3ccc(F)cc3)CC2=O)N1. The number of benzene rings is 2. The summed E-state index contributed by atoms with van der Waals surface area (Å²) in [6.45, 7) is 0. The van der Waals surface area contributed by atoms with Gasteiger partial charge in [-0.1, -0.05) is 24.3 Å². The lowest BCUT2D eigenvalue weighted by Crippen LogP contribution is -2.38. The first kappa shape index (κ1) is 17.5. The normalized spacial score (nSPS) is 22.5. The predicted octanol–water partition coefficient (Wildman–Crippen LogP) is 4.11. The minimum atomic E-state index is -1.03. The van der Waals surface area contributed by atoms with Gasteiger partial charge in [-0.05, 0) is 41.7 Å². The monoisotopic (exact) mass is 371 g/mol. The van der Waals surface area contributed by atoms with Gasteiger partial charge in [0.2, 0.25) is 5.91 Å². The number of allylic oxidation sites excluding steroid dienone is 2. The number of hydrogen-bond donors (Lipinski definition) is 1. The van der Waals surface area contributed by atoms with Gasteiger partial charge in [0.1, 0.15) is 5.82 Å². The number of halogens is 3. The second-order valence-electron chi connectivity index (χ2n) is 6.92. The Labute approximate surface area is 153 Å². The molecule has 2 aliphatic rings. The summed E-state index contributed by atoms with van der Waals surface area (Å²) in [4.78, 5) is 25.0. The van der Waals surface area contributed by atoms with E-state index in [9.17, 15) is 22.8 Å². The molecule has 0 saturated heterocycles. The van der Waals surface area contributed by atoms with Crippen molar-refractivity contribution >= 4 is 11.7 Å². The third-order valence-corrected chi connectivity index (χ3v) is 5.23. The van der Waals surface area contributed by atoms with Gasteiger partial charge in [-0.2, -0.15) is 0 Å². The van der Waals surface area contributed by atoms with Crippen molar-refractivity contribution in [3.05, 3.63) is 82.3 Å². The number of nitrogens with one attached hydrogen (secondary N) is 1. The van der Waals surface area contributed by atoms with E-state index in [1.807, 2.05) is 0 Å². The molecule has 4 rings (SSSR count). The fourth-order valence-electron chi connectivity index (χ4n) is 3.99. The van der Waals surface area contributed by atoms with E-state index in [-0.39, 0.29) is 41.8 Å². The van der Waals surface area contributed by atoms with Gasteiger partial charge in [0.15, 0.2) is 17.4 Å². The summed E-state index contributed by atoms with van der Waals surface area (Å²) < 4.78 is 41.1. The van der Waals surface area contributed by atoms with Crippen LogP contribution in [-0.2, 0) is 9.59 Å². The van der Waals surface area contributed by atoms with E-state index in [1.165, 1.54) is 24.3 Å². The molecule has 1 aliphatic carbocycles. The summed E-state index contributed by atoms with van der Waals surface area (Å²) in [7, 11) is 0. The number of Topliss-reactive ketones (excluding diaryl/α,β-unsaturated/α-hetero) is 1. The Hall–Kier alpha value is -2.89. The van der Waals surface area contributed by atoms with Crippen molar-refractivity contribution in [3.8, 4) is 0 Å². The van der Waals surface area contributed by atoms with Crippen LogP contribution in [0.3, 0.4) is 0 Å². The standard InChI is InChI=1S/C21H16F3NO2/c22-13-6-4-11(5-7-13)12-8-17-20(18(26)9-12)15(10-19(27)25-17)14-2-1-3-16(23)21(14)24/h1-7,12,15H,8-10H2,(H,25,27)/t12-,15-/m0/s1. The summed E-state index contributed by atoms with van der Waals surface area (Å²) in [5, 5.41) is 2.72. The van der Waals surface area contributed by atoms with Gasteiger partial charge in [0.25, 0.3) is 0 Å². The molecule has 0 radical (unpaired) electrons. The van der Waals surface area contributed by atoms with Gasteiger partial charge in [0.05, 0.1) is 0 Å². The molecule has 2 aromatic rings. The molecule has 0 fully saturated rings. The Balaban J connectivity index is 1.74. The van der Waals surface area contributed by atoms with E-state index in [0.717, 1.165) is 11.6 Å². The van der Waals surface area contributed by atoms with Crippen molar-refractivity contribution in [2.45, 2.75) is 31.1 Å². The summed E-state index contributed by atoms with van der Waals surface area (Å²) >= 11 is 0. The molecular weight excluding hydrogens is 355 g/mol. The first-order valence-electron chi connectivity index (χ1n) is 8.69. The van der Waals surface area contributed by atoms with E-state index >= 15 is 0 Å². The van der Waals surface area contributed by atoms with Crippen LogP contribution in [0, 0.1) is 17.5 Å². The molecule has 1 N–H and O–H groups in total. The van der Waals surface area contributed by atoms with Crippen LogP contribution in [0.2, 0.25) is 0 Å². The Kier molecular flexibility index (Phi) is 4.34. The molecule has 2 atom stereocenters. The van der Waals surface area contributed by atoms with Crippen LogP contribution < -0.4 is 5.32 Å². The largest absolute Gasteiger partial charge is 0.329 e. The average Bonchev–Trinajstić information content (AvgIpc) is 2.63. The van der Waals surface area contributed by atoms with E-state index < -0.39 is 17.6 Å². The molecule has 2 aromatic carbocycles. The van der Waals surface area contributed by atoms with Crippen molar-refractivity contribution in [2.24, 2.45) is 0 Å². The number of rotatable bonds is 2.